The van der Waals surface area contributed by atoms with Crippen LogP contribution < -0.4 is 10.2 Å². The van der Waals surface area contributed by atoms with Gasteiger partial charge in [-0.1, -0.05) is 11.6 Å². The minimum absolute atomic E-state index is 0.0746. The van der Waals surface area contributed by atoms with Gasteiger partial charge in [-0.05, 0) is 46.5 Å². The van der Waals surface area contributed by atoms with E-state index in [0.29, 0.717) is 29.1 Å². The molecule has 3 aromatic rings. The second-order valence-electron chi connectivity index (χ2n) is 9.97. The van der Waals surface area contributed by atoms with E-state index in [1.165, 1.54) is 0 Å². The number of carbonyl (C=O) groups is 1. The van der Waals surface area contributed by atoms with E-state index in [0.717, 1.165) is 49.4 Å². The Bertz CT molecular complexity index is 1200. The highest BCUT2D eigenvalue weighted by molar-refractivity contribution is 6.36. The lowest BCUT2D eigenvalue weighted by atomic mass is 9.92. The standard InChI is InChI=1S/C23H31ClN8O2/c1-5-31-12-15(10-26-31)27-21-28-19-18(16(24)11-25-19)20(29-21)30-8-6-14-7-9-32(17(14)13-30)22(33)34-23(2,3)4/h10-12,14,17H,5-9,13H2,1-4H3,(H2,25,27,28,29). The molecule has 2 fully saturated rings. The summed E-state index contributed by atoms with van der Waals surface area (Å²) in [5.74, 6) is 1.69. The molecule has 2 N–H and O–H groups in total. The minimum Gasteiger partial charge on any atom is -0.444 e. The van der Waals surface area contributed by atoms with Crippen LogP contribution in [0.3, 0.4) is 0 Å². The van der Waals surface area contributed by atoms with E-state index in [2.05, 4.69) is 25.3 Å². The first-order valence-corrected chi connectivity index (χ1v) is 12.2. The first-order chi connectivity index (χ1) is 16.2. The van der Waals surface area contributed by atoms with Gasteiger partial charge in [0, 0.05) is 38.6 Å². The van der Waals surface area contributed by atoms with Crippen molar-refractivity contribution in [3.05, 3.63) is 23.6 Å². The van der Waals surface area contributed by atoms with Crippen molar-refractivity contribution in [2.45, 2.75) is 58.7 Å². The van der Waals surface area contributed by atoms with Crippen LogP contribution in [0, 0.1) is 5.92 Å². The molecule has 5 heterocycles. The summed E-state index contributed by atoms with van der Waals surface area (Å²) in [7, 11) is 0. The summed E-state index contributed by atoms with van der Waals surface area (Å²) in [5, 5.41) is 8.93. The first-order valence-electron chi connectivity index (χ1n) is 11.8. The Morgan fingerprint density at radius 2 is 2.09 bits per heavy atom. The number of rotatable bonds is 4. The van der Waals surface area contributed by atoms with E-state index >= 15 is 0 Å². The molecular weight excluding hydrogens is 456 g/mol. The van der Waals surface area contributed by atoms with Crippen LogP contribution in [0.25, 0.3) is 11.0 Å². The lowest BCUT2D eigenvalue weighted by Gasteiger charge is -2.39. The van der Waals surface area contributed by atoms with E-state index in [1.54, 1.807) is 12.4 Å². The van der Waals surface area contributed by atoms with Gasteiger partial charge < -0.3 is 24.8 Å². The van der Waals surface area contributed by atoms with Crippen LogP contribution in [-0.4, -0.2) is 67.0 Å². The van der Waals surface area contributed by atoms with Crippen molar-refractivity contribution in [3.8, 4) is 0 Å². The van der Waals surface area contributed by atoms with Crippen molar-refractivity contribution in [2.24, 2.45) is 5.92 Å². The molecule has 34 heavy (non-hydrogen) atoms. The Hall–Kier alpha value is -3.01. The number of aromatic nitrogens is 5. The van der Waals surface area contributed by atoms with Crippen molar-refractivity contribution >= 4 is 46.2 Å². The topological polar surface area (TPSA) is 104 Å². The van der Waals surface area contributed by atoms with Gasteiger partial charge in [-0.15, -0.1) is 0 Å². The predicted octanol–water partition coefficient (Wildman–Crippen LogP) is 4.41. The fourth-order valence-corrected chi connectivity index (χ4v) is 5.10. The van der Waals surface area contributed by atoms with Gasteiger partial charge >= 0.3 is 6.09 Å². The van der Waals surface area contributed by atoms with E-state index < -0.39 is 5.60 Å². The summed E-state index contributed by atoms with van der Waals surface area (Å²) < 4.78 is 7.52. The molecular formula is C23H31ClN8O2. The number of anilines is 3. The lowest BCUT2D eigenvalue weighted by Crippen LogP contribution is -2.51. The lowest BCUT2D eigenvalue weighted by molar-refractivity contribution is 0.0203. The van der Waals surface area contributed by atoms with Crippen LogP contribution in [0.5, 0.6) is 0 Å². The number of aromatic amines is 1. The smallest absolute Gasteiger partial charge is 0.410 e. The highest BCUT2D eigenvalue weighted by atomic mass is 35.5. The summed E-state index contributed by atoms with van der Waals surface area (Å²) in [4.78, 5) is 29.6. The molecule has 5 rings (SSSR count). The number of hydrogen-bond acceptors (Lipinski definition) is 7. The molecule has 1 amide bonds. The number of ether oxygens (including phenoxy) is 1. The molecule has 2 saturated heterocycles. The van der Waals surface area contributed by atoms with E-state index in [1.807, 2.05) is 43.5 Å². The van der Waals surface area contributed by atoms with Gasteiger partial charge in [0.2, 0.25) is 5.95 Å². The molecule has 10 nitrogen and oxygen atoms in total. The number of nitrogens with zero attached hydrogens (tertiary/aromatic N) is 6. The number of H-pyrrole nitrogens is 1. The molecule has 11 heteroatoms. The fourth-order valence-electron chi connectivity index (χ4n) is 4.87. The molecule has 2 atom stereocenters. The third-order valence-electron chi connectivity index (χ3n) is 6.47. The SMILES string of the molecule is CCn1cc(Nc2nc(N3CCC4CCN(C(=O)OC(C)(C)C)C4C3)c3c(Cl)c[nH]c3n2)cn1. The highest BCUT2D eigenvalue weighted by Crippen LogP contribution is 2.38. The van der Waals surface area contributed by atoms with Crippen LogP contribution in [0.15, 0.2) is 18.6 Å². The average Bonchev–Trinajstić information content (AvgIpc) is 3.50. The predicted molar refractivity (Wildman–Crippen MR) is 132 cm³/mol. The second-order valence-corrected chi connectivity index (χ2v) is 10.4. The average molecular weight is 487 g/mol. The van der Waals surface area contributed by atoms with Gasteiger partial charge in [0.05, 0.1) is 28.3 Å². The molecule has 182 valence electrons. The number of aryl methyl sites for hydroxylation is 1. The molecule has 2 aliphatic rings. The normalized spacial score (nSPS) is 20.6. The molecule has 2 aliphatic heterocycles. The first kappa shape index (κ1) is 22.8. The summed E-state index contributed by atoms with van der Waals surface area (Å²) in [6.07, 6.45) is 7.13. The van der Waals surface area contributed by atoms with Crippen molar-refractivity contribution in [1.82, 2.24) is 29.6 Å². The van der Waals surface area contributed by atoms with Crippen LogP contribution in [0.1, 0.15) is 40.5 Å². The molecule has 0 saturated carbocycles. The van der Waals surface area contributed by atoms with Gasteiger partial charge in [-0.3, -0.25) is 4.68 Å². The molecule has 3 aromatic heterocycles. The van der Waals surface area contributed by atoms with Gasteiger partial charge in [0.15, 0.2) is 0 Å². The fraction of sp³-hybridized carbons (Fsp3) is 0.565. The maximum atomic E-state index is 12.9. The molecule has 2 unspecified atom stereocenters. The Morgan fingerprint density at radius 3 is 2.82 bits per heavy atom. The number of hydrogen-bond donors (Lipinski definition) is 2. The number of piperidine rings is 1. The van der Waals surface area contributed by atoms with E-state index in [-0.39, 0.29) is 12.1 Å². The summed E-state index contributed by atoms with van der Waals surface area (Å²) >= 11 is 6.54. The van der Waals surface area contributed by atoms with Gasteiger partial charge in [-0.25, -0.2) is 4.79 Å². The molecule has 0 aromatic carbocycles. The minimum atomic E-state index is -0.521. The number of carbonyl (C=O) groups excluding carboxylic acids is 1. The van der Waals surface area contributed by atoms with Crippen LogP contribution in [0.2, 0.25) is 5.02 Å². The largest absolute Gasteiger partial charge is 0.444 e. The molecule has 0 bridgehead atoms. The quantitative estimate of drug-likeness (QED) is 0.562. The van der Waals surface area contributed by atoms with Gasteiger partial charge in [-0.2, -0.15) is 15.1 Å². The zero-order valence-electron chi connectivity index (χ0n) is 20.0. The summed E-state index contributed by atoms with van der Waals surface area (Å²) in [6, 6.07) is 0.0746. The number of amides is 1. The van der Waals surface area contributed by atoms with Crippen LogP contribution in [-0.2, 0) is 11.3 Å². The zero-order valence-corrected chi connectivity index (χ0v) is 20.8. The highest BCUT2D eigenvalue weighted by Gasteiger charge is 2.42. The Labute approximate surface area is 203 Å². The number of halogens is 1. The second kappa shape index (κ2) is 8.65. The van der Waals surface area contributed by atoms with E-state index in [9.17, 15) is 4.79 Å². The summed E-state index contributed by atoms with van der Waals surface area (Å²) in [5.41, 5.74) is 0.959. The van der Waals surface area contributed by atoms with Crippen molar-refractivity contribution in [3.63, 3.8) is 0 Å². The number of fused-ring (bicyclic) bond motifs is 2. The number of likely N-dealkylation sites (tertiary alicyclic amines) is 1. The maximum Gasteiger partial charge on any atom is 0.410 e. The van der Waals surface area contributed by atoms with Crippen LogP contribution >= 0.6 is 11.6 Å². The third-order valence-corrected chi connectivity index (χ3v) is 6.77. The molecule has 0 spiro atoms. The van der Waals surface area contributed by atoms with E-state index in [4.69, 9.17) is 21.3 Å². The Kier molecular flexibility index (Phi) is 5.79. The van der Waals surface area contributed by atoms with Crippen molar-refractivity contribution < 1.29 is 9.53 Å². The summed E-state index contributed by atoms with van der Waals surface area (Å²) in [6.45, 7) is 10.7. The Morgan fingerprint density at radius 1 is 1.29 bits per heavy atom. The molecule has 0 aliphatic carbocycles. The van der Waals surface area contributed by atoms with Crippen LogP contribution in [0.4, 0.5) is 22.2 Å². The maximum absolute atomic E-state index is 12.9. The third kappa shape index (κ3) is 4.38. The van der Waals surface area contributed by atoms with Gasteiger partial charge in [0.25, 0.3) is 0 Å². The van der Waals surface area contributed by atoms with Gasteiger partial charge in [0.1, 0.15) is 17.1 Å². The monoisotopic (exact) mass is 486 g/mol. The molecule has 0 radical (unpaired) electrons. The number of nitrogens with one attached hydrogen (secondary N) is 2. The van der Waals surface area contributed by atoms with Crippen molar-refractivity contribution in [1.29, 1.82) is 0 Å². The Balaban J connectivity index is 1.43. The zero-order chi connectivity index (χ0) is 24.0. The van der Waals surface area contributed by atoms with Crippen molar-refractivity contribution in [2.75, 3.05) is 29.9 Å².